The molecule has 8 heteroatoms. The number of guanidine groups is 1. The number of nitrogens with one attached hydrogen (secondary N) is 1. The molecule has 0 atom stereocenters. The molecule has 1 aromatic carbocycles. The van der Waals surface area contributed by atoms with Crippen molar-refractivity contribution in [1.29, 1.82) is 0 Å². The first kappa shape index (κ1) is 22.5. The number of aryl methyl sites for hydroxylation is 1. The molecular weight excluding hydrogens is 368 g/mol. The number of rotatable bonds is 11. The molecule has 0 radical (unpaired) electrons. The molecule has 0 saturated heterocycles. The maximum Gasteiger partial charge on any atom is 0.194 e. The molecule has 0 amide bonds. The molecule has 0 aliphatic rings. The Morgan fingerprint density at radius 1 is 1.24 bits per heavy atom. The van der Waals surface area contributed by atoms with Gasteiger partial charge in [-0.15, -0.1) is 10.2 Å². The van der Waals surface area contributed by atoms with Gasteiger partial charge in [0, 0.05) is 51.3 Å². The Morgan fingerprint density at radius 3 is 2.76 bits per heavy atom. The highest BCUT2D eigenvalue weighted by molar-refractivity contribution is 5.79. The first-order valence-corrected chi connectivity index (χ1v) is 10.2. The van der Waals surface area contributed by atoms with Crippen molar-refractivity contribution in [3.8, 4) is 11.5 Å². The van der Waals surface area contributed by atoms with Gasteiger partial charge in [-0.25, -0.2) is 0 Å². The molecular formula is C21H34N6O2. The average molecular weight is 403 g/mol. The minimum absolute atomic E-state index is 0.679. The van der Waals surface area contributed by atoms with Crippen LogP contribution in [0.5, 0.6) is 11.5 Å². The SMILES string of the molecule is CCCCN=C(NCCn1cnnc1CC)N(C)Cc1ccc(OC)cc1OC. The van der Waals surface area contributed by atoms with Gasteiger partial charge in [-0.05, 0) is 18.6 Å². The second-order valence-corrected chi connectivity index (χ2v) is 6.81. The molecule has 1 N–H and O–H groups in total. The largest absolute Gasteiger partial charge is 0.497 e. The first-order valence-electron chi connectivity index (χ1n) is 10.2. The van der Waals surface area contributed by atoms with Gasteiger partial charge >= 0.3 is 0 Å². The molecule has 0 aliphatic heterocycles. The Morgan fingerprint density at radius 2 is 2.07 bits per heavy atom. The third kappa shape index (κ3) is 6.66. The average Bonchev–Trinajstić information content (AvgIpc) is 3.20. The number of unbranched alkanes of at least 4 members (excludes halogenated alkanes) is 1. The van der Waals surface area contributed by atoms with Gasteiger partial charge in [-0.1, -0.05) is 20.3 Å². The van der Waals surface area contributed by atoms with E-state index in [1.54, 1.807) is 20.5 Å². The molecule has 0 saturated carbocycles. The van der Waals surface area contributed by atoms with E-state index >= 15 is 0 Å². The summed E-state index contributed by atoms with van der Waals surface area (Å²) in [5.74, 6) is 3.46. The van der Waals surface area contributed by atoms with Gasteiger partial charge in [0.15, 0.2) is 5.96 Å². The second kappa shape index (κ2) is 11.9. The van der Waals surface area contributed by atoms with E-state index in [4.69, 9.17) is 14.5 Å². The second-order valence-electron chi connectivity index (χ2n) is 6.81. The van der Waals surface area contributed by atoms with Crippen molar-refractivity contribution < 1.29 is 9.47 Å². The predicted octanol–water partition coefficient (Wildman–Crippen LogP) is 2.74. The number of aliphatic imine (C=N–C) groups is 1. The van der Waals surface area contributed by atoms with Crippen LogP contribution in [0.1, 0.15) is 38.1 Å². The summed E-state index contributed by atoms with van der Waals surface area (Å²) in [6, 6.07) is 5.89. The van der Waals surface area contributed by atoms with Gasteiger partial charge < -0.3 is 24.3 Å². The van der Waals surface area contributed by atoms with E-state index < -0.39 is 0 Å². The summed E-state index contributed by atoms with van der Waals surface area (Å²) in [6.07, 6.45) is 4.83. The van der Waals surface area contributed by atoms with Crippen LogP contribution >= 0.6 is 0 Å². The van der Waals surface area contributed by atoms with Crippen LogP contribution in [-0.4, -0.2) is 60.0 Å². The molecule has 1 aromatic heterocycles. The zero-order chi connectivity index (χ0) is 21.1. The third-order valence-corrected chi connectivity index (χ3v) is 4.68. The normalized spacial score (nSPS) is 11.4. The van der Waals surface area contributed by atoms with Crippen LogP contribution in [0.3, 0.4) is 0 Å². The van der Waals surface area contributed by atoms with E-state index in [2.05, 4.69) is 38.8 Å². The van der Waals surface area contributed by atoms with Gasteiger partial charge in [0.25, 0.3) is 0 Å². The number of hydrogen-bond donors (Lipinski definition) is 1. The Hall–Kier alpha value is -2.77. The number of hydrogen-bond acceptors (Lipinski definition) is 5. The highest BCUT2D eigenvalue weighted by Gasteiger charge is 2.12. The topological polar surface area (TPSA) is 76.8 Å². The minimum atomic E-state index is 0.679. The fourth-order valence-corrected chi connectivity index (χ4v) is 3.00. The summed E-state index contributed by atoms with van der Waals surface area (Å²) < 4.78 is 12.9. The predicted molar refractivity (Wildman–Crippen MR) is 116 cm³/mol. The highest BCUT2D eigenvalue weighted by atomic mass is 16.5. The van der Waals surface area contributed by atoms with Crippen LogP contribution in [0.15, 0.2) is 29.5 Å². The maximum absolute atomic E-state index is 5.54. The summed E-state index contributed by atoms with van der Waals surface area (Å²) in [5, 5.41) is 11.6. The van der Waals surface area contributed by atoms with Crippen molar-refractivity contribution in [2.24, 2.45) is 4.99 Å². The fraction of sp³-hybridized carbons (Fsp3) is 0.571. The van der Waals surface area contributed by atoms with Crippen molar-refractivity contribution in [3.05, 3.63) is 35.9 Å². The molecule has 29 heavy (non-hydrogen) atoms. The molecule has 2 rings (SSSR count). The van der Waals surface area contributed by atoms with E-state index in [1.165, 1.54) is 0 Å². The molecule has 2 aromatic rings. The van der Waals surface area contributed by atoms with E-state index in [0.717, 1.165) is 67.7 Å². The Bertz CT molecular complexity index is 774. The van der Waals surface area contributed by atoms with Crippen LogP contribution in [0.25, 0.3) is 0 Å². The van der Waals surface area contributed by atoms with Gasteiger partial charge in [0.2, 0.25) is 0 Å². The number of methoxy groups -OCH3 is 2. The van der Waals surface area contributed by atoms with Crippen molar-refractivity contribution in [1.82, 2.24) is 25.0 Å². The molecule has 0 unspecified atom stereocenters. The first-order chi connectivity index (χ1) is 14.1. The third-order valence-electron chi connectivity index (χ3n) is 4.68. The highest BCUT2D eigenvalue weighted by Crippen LogP contribution is 2.25. The summed E-state index contributed by atoms with van der Waals surface area (Å²) >= 11 is 0. The fourth-order valence-electron chi connectivity index (χ4n) is 3.00. The van der Waals surface area contributed by atoms with Crippen LogP contribution in [0.2, 0.25) is 0 Å². The van der Waals surface area contributed by atoms with E-state index in [1.807, 2.05) is 25.2 Å². The summed E-state index contributed by atoms with van der Waals surface area (Å²) in [4.78, 5) is 6.90. The lowest BCUT2D eigenvalue weighted by atomic mass is 10.2. The number of aromatic nitrogens is 3. The van der Waals surface area contributed by atoms with Gasteiger partial charge in [-0.2, -0.15) is 0 Å². The van der Waals surface area contributed by atoms with Crippen LogP contribution in [0.4, 0.5) is 0 Å². The molecule has 0 bridgehead atoms. The van der Waals surface area contributed by atoms with Gasteiger partial charge in [0.05, 0.1) is 14.2 Å². The molecule has 160 valence electrons. The summed E-state index contributed by atoms with van der Waals surface area (Å²) in [6.45, 7) is 7.28. The van der Waals surface area contributed by atoms with Crippen LogP contribution in [-0.2, 0) is 19.5 Å². The number of ether oxygens (including phenoxy) is 2. The van der Waals surface area contributed by atoms with Crippen molar-refractivity contribution in [2.75, 3.05) is 34.4 Å². The maximum atomic E-state index is 5.54. The van der Waals surface area contributed by atoms with Gasteiger partial charge in [-0.3, -0.25) is 4.99 Å². The summed E-state index contributed by atoms with van der Waals surface area (Å²) in [7, 11) is 5.37. The quantitative estimate of drug-likeness (QED) is 0.354. The van der Waals surface area contributed by atoms with Crippen molar-refractivity contribution >= 4 is 5.96 Å². The van der Waals surface area contributed by atoms with Crippen LogP contribution < -0.4 is 14.8 Å². The lowest BCUT2D eigenvalue weighted by molar-refractivity contribution is 0.382. The monoisotopic (exact) mass is 402 g/mol. The molecule has 0 aliphatic carbocycles. The smallest absolute Gasteiger partial charge is 0.194 e. The van der Waals surface area contributed by atoms with Crippen LogP contribution in [0, 0.1) is 0 Å². The van der Waals surface area contributed by atoms with E-state index in [-0.39, 0.29) is 0 Å². The molecule has 0 spiro atoms. The molecule has 1 heterocycles. The van der Waals surface area contributed by atoms with Crippen molar-refractivity contribution in [2.45, 2.75) is 46.2 Å². The zero-order valence-electron chi connectivity index (χ0n) is 18.3. The van der Waals surface area contributed by atoms with E-state index in [9.17, 15) is 0 Å². The molecule has 8 nitrogen and oxygen atoms in total. The number of nitrogens with zero attached hydrogens (tertiary/aromatic N) is 5. The molecule has 0 fully saturated rings. The summed E-state index contributed by atoms with van der Waals surface area (Å²) in [5.41, 5.74) is 1.08. The Labute approximate surface area is 173 Å². The Balaban J connectivity index is 2.05. The minimum Gasteiger partial charge on any atom is -0.497 e. The van der Waals surface area contributed by atoms with E-state index in [0.29, 0.717) is 6.54 Å². The Kier molecular flexibility index (Phi) is 9.27. The lowest BCUT2D eigenvalue weighted by Crippen LogP contribution is -2.40. The lowest BCUT2D eigenvalue weighted by Gasteiger charge is -2.24. The van der Waals surface area contributed by atoms with Gasteiger partial charge in [0.1, 0.15) is 23.7 Å². The standard InChI is InChI=1S/C21H34N6O2/c1-6-8-11-22-21(23-12-13-27-16-24-25-20(27)7-2)26(3)15-17-9-10-18(28-4)14-19(17)29-5/h9-10,14,16H,6-8,11-13,15H2,1-5H3,(H,22,23). The zero-order valence-corrected chi connectivity index (χ0v) is 18.3. The number of benzene rings is 1. The van der Waals surface area contributed by atoms with Crippen molar-refractivity contribution in [3.63, 3.8) is 0 Å².